The highest BCUT2D eigenvalue weighted by Gasteiger charge is 2.22. The van der Waals surface area contributed by atoms with Crippen LogP contribution in [0.3, 0.4) is 0 Å². The Morgan fingerprint density at radius 2 is 2.16 bits per heavy atom. The molecule has 100 valence electrons. The molecule has 0 fully saturated rings. The second kappa shape index (κ2) is 4.72. The van der Waals surface area contributed by atoms with Gasteiger partial charge in [-0.2, -0.15) is 0 Å². The summed E-state index contributed by atoms with van der Waals surface area (Å²) in [6.45, 7) is 3.38. The topological polar surface area (TPSA) is 81.4 Å². The molecule has 0 amide bonds. The van der Waals surface area contributed by atoms with Crippen LogP contribution in [0.2, 0.25) is 0 Å². The fourth-order valence-corrected chi connectivity index (χ4v) is 1.82. The van der Waals surface area contributed by atoms with Gasteiger partial charge < -0.3 is 14.4 Å². The zero-order chi connectivity index (χ0) is 14.2. The Hall–Kier alpha value is -2.37. The Kier molecular flexibility index (Phi) is 3.25. The summed E-state index contributed by atoms with van der Waals surface area (Å²) < 4.78 is 6.07. The van der Waals surface area contributed by atoms with Crippen LogP contribution in [-0.4, -0.2) is 26.7 Å². The average molecular weight is 262 g/mol. The molecule has 19 heavy (non-hydrogen) atoms. The molecule has 2 rings (SSSR count). The highest BCUT2D eigenvalue weighted by atomic mass is 16.5. The number of aromatic nitrogens is 2. The van der Waals surface area contributed by atoms with Crippen LogP contribution in [0.4, 0.5) is 0 Å². The fourth-order valence-electron chi connectivity index (χ4n) is 1.82. The van der Waals surface area contributed by atoms with Crippen LogP contribution < -0.4 is 5.56 Å². The first-order chi connectivity index (χ1) is 8.93. The van der Waals surface area contributed by atoms with Crippen molar-refractivity contribution in [1.29, 1.82) is 0 Å². The Labute approximate surface area is 109 Å². The van der Waals surface area contributed by atoms with Gasteiger partial charge in [0.25, 0.3) is 5.56 Å². The number of ether oxygens (including phenoxy) is 1. The minimum Gasteiger partial charge on any atom is -0.505 e. The van der Waals surface area contributed by atoms with Crippen molar-refractivity contribution in [2.24, 2.45) is 7.05 Å². The summed E-state index contributed by atoms with van der Waals surface area (Å²) in [6, 6.07) is 3.12. The van der Waals surface area contributed by atoms with Gasteiger partial charge in [0, 0.05) is 13.2 Å². The first-order valence-corrected chi connectivity index (χ1v) is 5.81. The van der Waals surface area contributed by atoms with Crippen LogP contribution >= 0.6 is 0 Å². The predicted octanol–water partition coefficient (Wildman–Crippen LogP) is 1.20. The number of esters is 1. The van der Waals surface area contributed by atoms with Crippen LogP contribution in [-0.2, 0) is 11.8 Å². The normalized spacial score (nSPS) is 10.9. The van der Waals surface area contributed by atoms with Gasteiger partial charge >= 0.3 is 5.97 Å². The van der Waals surface area contributed by atoms with Crippen LogP contribution in [0.25, 0.3) is 10.9 Å². The maximum Gasteiger partial charge on any atom is 0.359 e. The summed E-state index contributed by atoms with van der Waals surface area (Å²) in [5.74, 6) is -1.03. The van der Waals surface area contributed by atoms with Gasteiger partial charge in [-0.25, -0.2) is 4.79 Å². The van der Waals surface area contributed by atoms with E-state index in [1.54, 1.807) is 19.9 Å². The molecule has 0 saturated carbocycles. The molecule has 1 N–H and O–H groups in total. The van der Waals surface area contributed by atoms with Crippen molar-refractivity contribution in [3.63, 3.8) is 0 Å². The molecule has 0 bridgehead atoms. The molecule has 0 aliphatic rings. The molecule has 2 aromatic rings. The molecule has 0 aromatic carbocycles. The third kappa shape index (κ3) is 2.16. The third-order valence-electron chi connectivity index (χ3n) is 2.67. The molecule has 0 aliphatic carbocycles. The van der Waals surface area contributed by atoms with E-state index >= 15 is 0 Å². The fraction of sp³-hybridized carbons (Fsp3) is 0.308. The van der Waals surface area contributed by atoms with E-state index in [0.29, 0.717) is 0 Å². The molecule has 0 atom stereocenters. The van der Waals surface area contributed by atoms with Gasteiger partial charge in [-0.1, -0.05) is 0 Å². The van der Waals surface area contributed by atoms with E-state index in [1.807, 2.05) is 0 Å². The van der Waals surface area contributed by atoms with Gasteiger partial charge in [0.15, 0.2) is 11.4 Å². The van der Waals surface area contributed by atoms with Crippen molar-refractivity contribution in [2.75, 3.05) is 0 Å². The lowest BCUT2D eigenvalue weighted by molar-refractivity contribution is 0.0361. The predicted molar refractivity (Wildman–Crippen MR) is 69.2 cm³/mol. The summed E-state index contributed by atoms with van der Waals surface area (Å²) in [7, 11) is 1.40. The lowest BCUT2D eigenvalue weighted by Gasteiger charge is -2.13. The molecule has 0 radical (unpaired) electrons. The number of carbonyl (C=O) groups excluding carboxylic acids is 1. The maximum absolute atomic E-state index is 12.1. The number of aromatic hydroxyl groups is 1. The molecular formula is C13H14N2O4. The van der Waals surface area contributed by atoms with E-state index in [9.17, 15) is 14.7 Å². The summed E-state index contributed by atoms with van der Waals surface area (Å²) in [5, 5.41) is 10.4. The van der Waals surface area contributed by atoms with Crippen molar-refractivity contribution < 1.29 is 14.6 Å². The number of nitrogens with zero attached hydrogens (tertiary/aromatic N) is 2. The Morgan fingerprint density at radius 3 is 2.79 bits per heavy atom. The van der Waals surface area contributed by atoms with Crippen LogP contribution in [0.1, 0.15) is 24.3 Å². The second-order valence-electron chi connectivity index (χ2n) is 4.42. The van der Waals surface area contributed by atoms with Gasteiger partial charge in [0.05, 0.1) is 11.5 Å². The number of hydrogen-bond donors (Lipinski definition) is 1. The molecule has 0 saturated heterocycles. The Balaban J connectivity index is 2.75. The minimum atomic E-state index is -0.738. The van der Waals surface area contributed by atoms with Crippen molar-refractivity contribution in [2.45, 2.75) is 20.0 Å². The largest absolute Gasteiger partial charge is 0.505 e. The molecule has 2 aromatic heterocycles. The highest BCUT2D eigenvalue weighted by Crippen LogP contribution is 2.25. The van der Waals surface area contributed by atoms with Crippen LogP contribution in [0, 0.1) is 0 Å². The molecule has 0 spiro atoms. The molecular weight excluding hydrogens is 248 g/mol. The van der Waals surface area contributed by atoms with E-state index in [4.69, 9.17) is 4.74 Å². The monoisotopic (exact) mass is 262 g/mol. The molecule has 2 heterocycles. The molecule has 0 aliphatic heterocycles. The van der Waals surface area contributed by atoms with E-state index in [1.165, 1.54) is 19.3 Å². The number of rotatable bonds is 2. The van der Waals surface area contributed by atoms with Gasteiger partial charge in [-0.05, 0) is 26.0 Å². The van der Waals surface area contributed by atoms with Gasteiger partial charge in [-0.3, -0.25) is 9.78 Å². The average Bonchev–Trinajstić information content (AvgIpc) is 2.35. The number of carbonyl (C=O) groups is 1. The maximum atomic E-state index is 12.1. The van der Waals surface area contributed by atoms with Crippen molar-refractivity contribution >= 4 is 16.9 Å². The highest BCUT2D eigenvalue weighted by molar-refractivity contribution is 5.98. The van der Waals surface area contributed by atoms with Crippen LogP contribution in [0.15, 0.2) is 23.1 Å². The summed E-state index contributed by atoms with van der Waals surface area (Å²) in [5.41, 5.74) is -0.507. The number of fused-ring (bicyclic) bond motifs is 1. The van der Waals surface area contributed by atoms with Crippen molar-refractivity contribution in [3.05, 3.63) is 34.4 Å². The van der Waals surface area contributed by atoms with E-state index < -0.39 is 11.5 Å². The van der Waals surface area contributed by atoms with Gasteiger partial charge in [0.2, 0.25) is 0 Å². The summed E-state index contributed by atoms with van der Waals surface area (Å²) in [4.78, 5) is 27.9. The third-order valence-corrected chi connectivity index (χ3v) is 2.67. The van der Waals surface area contributed by atoms with Crippen LogP contribution in [0.5, 0.6) is 5.75 Å². The molecule has 6 heteroatoms. The van der Waals surface area contributed by atoms with Gasteiger partial charge in [-0.15, -0.1) is 0 Å². The lowest BCUT2D eigenvalue weighted by Crippen LogP contribution is -2.26. The van der Waals surface area contributed by atoms with E-state index in [0.717, 1.165) is 4.57 Å². The quantitative estimate of drug-likeness (QED) is 0.822. The zero-order valence-corrected chi connectivity index (χ0v) is 10.9. The Bertz CT molecular complexity index is 704. The standard InChI is InChI=1S/C13H14N2O4/c1-7(2)19-13(18)10-11(16)8-5-4-6-14-9(8)12(17)15(10)3/h4-7,16H,1-3H3. The molecule has 6 nitrogen and oxygen atoms in total. The van der Waals surface area contributed by atoms with E-state index in [2.05, 4.69) is 4.98 Å². The zero-order valence-electron chi connectivity index (χ0n) is 10.9. The smallest absolute Gasteiger partial charge is 0.359 e. The van der Waals surface area contributed by atoms with Gasteiger partial charge in [0.1, 0.15) is 5.52 Å². The Morgan fingerprint density at radius 1 is 1.47 bits per heavy atom. The lowest BCUT2D eigenvalue weighted by atomic mass is 10.2. The number of pyridine rings is 2. The summed E-state index contributed by atoms with van der Waals surface area (Å²) >= 11 is 0. The number of hydrogen-bond acceptors (Lipinski definition) is 5. The first-order valence-electron chi connectivity index (χ1n) is 5.81. The van der Waals surface area contributed by atoms with E-state index in [-0.39, 0.29) is 28.5 Å². The SMILES string of the molecule is CC(C)OC(=O)c1c(O)c2cccnc2c(=O)n1C. The van der Waals surface area contributed by atoms with Crippen molar-refractivity contribution in [1.82, 2.24) is 9.55 Å². The minimum absolute atomic E-state index is 0.114. The first kappa shape index (κ1) is 13.1. The van der Waals surface area contributed by atoms with Crippen molar-refractivity contribution in [3.8, 4) is 5.75 Å². The molecule has 0 unspecified atom stereocenters. The second-order valence-corrected chi connectivity index (χ2v) is 4.42. The summed E-state index contributed by atoms with van der Waals surface area (Å²) in [6.07, 6.45) is 1.11.